The Hall–Kier alpha value is -0.736. The summed E-state index contributed by atoms with van der Waals surface area (Å²) in [6.07, 6.45) is 0. The fourth-order valence-electron chi connectivity index (χ4n) is 1.26. The number of anilines is 1. The molecule has 2 nitrogen and oxygen atoms in total. The van der Waals surface area contributed by atoms with Crippen LogP contribution >= 0.6 is 0 Å². The van der Waals surface area contributed by atoms with E-state index in [1.807, 2.05) is 0 Å². The van der Waals surface area contributed by atoms with Gasteiger partial charge in [-0.25, -0.2) is 8.78 Å². The van der Waals surface area contributed by atoms with Crippen LogP contribution in [0.5, 0.6) is 0 Å². The van der Waals surface area contributed by atoms with Gasteiger partial charge in [-0.05, 0) is 19.1 Å². The molecule has 0 bridgehead atoms. The van der Waals surface area contributed by atoms with Crippen LogP contribution in [0.25, 0.3) is 0 Å². The molecule has 80 valence electrons. The van der Waals surface area contributed by atoms with E-state index in [1.165, 1.54) is 17.9 Å². The molecule has 0 N–H and O–H groups in total. The second-order valence-corrected chi connectivity index (χ2v) is 2.86. The minimum Gasteiger partial charge on any atom is -0.310 e. The van der Waals surface area contributed by atoms with E-state index in [4.69, 9.17) is 0 Å². The third kappa shape index (κ3) is 3.40. The second-order valence-electron chi connectivity index (χ2n) is 2.86. The van der Waals surface area contributed by atoms with Gasteiger partial charge in [-0.1, -0.05) is 0 Å². The molecule has 5 heteroatoms. The van der Waals surface area contributed by atoms with Gasteiger partial charge < -0.3 is 4.90 Å². The molecule has 1 aromatic rings. The maximum Gasteiger partial charge on any atom is 0.223 e. The van der Waals surface area contributed by atoms with E-state index in [9.17, 15) is 13.6 Å². The number of amides is 1. The first-order valence-electron chi connectivity index (χ1n) is 4.29. The van der Waals surface area contributed by atoms with Crippen LogP contribution in [0.3, 0.4) is 0 Å². The van der Waals surface area contributed by atoms with E-state index >= 15 is 0 Å². The molecule has 0 saturated heterocycles. The summed E-state index contributed by atoms with van der Waals surface area (Å²) in [6, 6.07) is 3.15. The van der Waals surface area contributed by atoms with Crippen molar-refractivity contribution in [2.24, 2.45) is 0 Å². The molecule has 0 aliphatic carbocycles. The summed E-state index contributed by atoms with van der Waals surface area (Å²) < 4.78 is 25.8. The summed E-state index contributed by atoms with van der Waals surface area (Å²) in [5.41, 5.74) is 0.112. The largest absolute Gasteiger partial charge is 0.310 e. The van der Waals surface area contributed by atoms with Gasteiger partial charge in [0.05, 0.1) is 5.69 Å². The summed E-state index contributed by atoms with van der Waals surface area (Å²) in [6.45, 7) is 3.42. The predicted octanol–water partition coefficient (Wildman–Crippen LogP) is 2.34. The smallest absolute Gasteiger partial charge is 0.223 e. The number of benzene rings is 1. The van der Waals surface area contributed by atoms with Crippen LogP contribution in [-0.4, -0.2) is 12.5 Å². The molecular formula is C10H11F2NOTi. The van der Waals surface area contributed by atoms with Crippen LogP contribution in [0.1, 0.15) is 13.8 Å². The van der Waals surface area contributed by atoms with Gasteiger partial charge in [-0.2, -0.15) is 0 Å². The van der Waals surface area contributed by atoms with Crippen LogP contribution in [-0.2, 0) is 26.5 Å². The van der Waals surface area contributed by atoms with E-state index in [0.29, 0.717) is 6.54 Å². The van der Waals surface area contributed by atoms with Crippen molar-refractivity contribution in [1.29, 1.82) is 0 Å². The van der Waals surface area contributed by atoms with Crippen molar-refractivity contribution in [2.75, 3.05) is 11.4 Å². The molecule has 0 radical (unpaired) electrons. The molecule has 0 atom stereocenters. The van der Waals surface area contributed by atoms with E-state index in [-0.39, 0.29) is 33.3 Å². The van der Waals surface area contributed by atoms with Crippen LogP contribution in [0, 0.1) is 11.6 Å². The Balaban J connectivity index is 0.00000196. The van der Waals surface area contributed by atoms with Gasteiger partial charge in [0.2, 0.25) is 5.91 Å². The standard InChI is InChI=1S/C10H11F2NO.Ti/c1-3-13(7(2)14)10-5-4-8(11)6-9(10)12;/h4-6H,3H2,1-2H3;. The second kappa shape index (κ2) is 5.98. The van der Waals surface area contributed by atoms with E-state index in [0.717, 1.165) is 12.1 Å². The molecule has 0 heterocycles. The van der Waals surface area contributed by atoms with Crippen LogP contribution in [0.4, 0.5) is 14.5 Å². The quantitative estimate of drug-likeness (QED) is 0.734. The first-order valence-corrected chi connectivity index (χ1v) is 4.29. The van der Waals surface area contributed by atoms with Gasteiger partial charge in [0.15, 0.2) is 0 Å². The number of nitrogens with zero attached hydrogens (tertiary/aromatic N) is 1. The summed E-state index contributed by atoms with van der Waals surface area (Å²) in [7, 11) is 0. The van der Waals surface area contributed by atoms with Crippen molar-refractivity contribution >= 4 is 11.6 Å². The third-order valence-electron chi connectivity index (χ3n) is 1.90. The van der Waals surface area contributed by atoms with Crippen molar-refractivity contribution in [3.05, 3.63) is 29.8 Å². The van der Waals surface area contributed by atoms with Crippen molar-refractivity contribution in [3.63, 3.8) is 0 Å². The molecule has 15 heavy (non-hydrogen) atoms. The summed E-state index contributed by atoms with van der Waals surface area (Å²) in [4.78, 5) is 12.3. The first-order chi connectivity index (χ1) is 6.56. The van der Waals surface area contributed by atoms with Crippen LogP contribution < -0.4 is 4.90 Å². The summed E-state index contributed by atoms with van der Waals surface area (Å²) in [5, 5.41) is 0. The molecular weight excluding hydrogens is 236 g/mol. The molecule has 0 aliphatic rings. The van der Waals surface area contributed by atoms with Gasteiger partial charge >= 0.3 is 0 Å². The van der Waals surface area contributed by atoms with E-state index in [1.54, 1.807) is 6.92 Å². The zero-order valence-corrected chi connectivity index (χ0v) is 10.1. The predicted molar refractivity (Wildman–Crippen MR) is 50.1 cm³/mol. The van der Waals surface area contributed by atoms with Gasteiger partial charge in [0.1, 0.15) is 11.6 Å². The molecule has 1 amide bonds. The van der Waals surface area contributed by atoms with Gasteiger partial charge in [-0.3, -0.25) is 4.79 Å². The Bertz CT molecular complexity index is 357. The molecule has 0 unspecified atom stereocenters. The van der Waals surface area contributed by atoms with Crippen molar-refractivity contribution < 1.29 is 35.3 Å². The van der Waals surface area contributed by atoms with Crippen LogP contribution in [0.15, 0.2) is 18.2 Å². The normalized spacial score (nSPS) is 9.33. The minimum absolute atomic E-state index is 0. The Kier molecular flexibility index (Phi) is 5.69. The molecule has 1 aromatic carbocycles. The maximum atomic E-state index is 13.2. The topological polar surface area (TPSA) is 20.3 Å². The van der Waals surface area contributed by atoms with Gasteiger partial charge in [0.25, 0.3) is 0 Å². The molecule has 0 aromatic heterocycles. The van der Waals surface area contributed by atoms with Crippen molar-refractivity contribution in [1.82, 2.24) is 0 Å². The van der Waals surface area contributed by atoms with E-state index in [2.05, 4.69) is 0 Å². The Morgan fingerprint density at radius 2 is 2.00 bits per heavy atom. The summed E-state index contributed by atoms with van der Waals surface area (Å²) >= 11 is 0. The number of hydrogen-bond donors (Lipinski definition) is 0. The number of rotatable bonds is 2. The monoisotopic (exact) mass is 247 g/mol. The van der Waals surface area contributed by atoms with Gasteiger partial charge in [-0.15, -0.1) is 0 Å². The van der Waals surface area contributed by atoms with E-state index < -0.39 is 11.6 Å². The molecule has 0 saturated carbocycles. The number of carbonyl (C=O) groups is 1. The Morgan fingerprint density at radius 3 is 2.40 bits per heavy atom. The molecule has 0 aliphatic heterocycles. The number of halogens is 2. The Labute approximate surface area is 102 Å². The Morgan fingerprint density at radius 1 is 1.40 bits per heavy atom. The number of carbonyl (C=O) groups excluding carboxylic acids is 1. The molecule has 0 spiro atoms. The fraction of sp³-hybridized carbons (Fsp3) is 0.300. The number of hydrogen-bond acceptors (Lipinski definition) is 1. The van der Waals surface area contributed by atoms with Crippen LogP contribution in [0.2, 0.25) is 0 Å². The van der Waals surface area contributed by atoms with Crippen molar-refractivity contribution in [2.45, 2.75) is 13.8 Å². The minimum atomic E-state index is -0.720. The zero-order valence-electron chi connectivity index (χ0n) is 8.55. The SMILES string of the molecule is CCN(C(C)=O)c1ccc(F)cc1F.[Ti]. The molecule has 0 fully saturated rings. The van der Waals surface area contributed by atoms with Crippen molar-refractivity contribution in [3.8, 4) is 0 Å². The first kappa shape index (κ1) is 14.3. The zero-order chi connectivity index (χ0) is 10.7. The van der Waals surface area contributed by atoms with Gasteiger partial charge in [0, 0.05) is 41.3 Å². The average molecular weight is 247 g/mol. The fourth-order valence-corrected chi connectivity index (χ4v) is 1.26. The molecule has 1 rings (SSSR count). The third-order valence-corrected chi connectivity index (χ3v) is 1.90. The average Bonchev–Trinajstić information content (AvgIpc) is 2.09. The maximum absolute atomic E-state index is 13.2. The summed E-state index contributed by atoms with van der Waals surface area (Å²) in [5.74, 6) is -1.63.